The minimum Gasteiger partial charge on any atom is -0.495 e. The van der Waals surface area contributed by atoms with Crippen molar-refractivity contribution in [3.8, 4) is 5.75 Å². The molecule has 0 bridgehead atoms. The van der Waals surface area contributed by atoms with Gasteiger partial charge in [0.15, 0.2) is 0 Å². The number of nitrogens with zero attached hydrogens (tertiary/aromatic N) is 1. The molecule has 2 aromatic carbocycles. The first-order valence-corrected chi connectivity index (χ1v) is 12.4. The summed E-state index contributed by atoms with van der Waals surface area (Å²) in [6.45, 7) is 1.90. The van der Waals surface area contributed by atoms with E-state index in [1.807, 2.05) is 36.6 Å². The van der Waals surface area contributed by atoms with Gasteiger partial charge in [-0.15, -0.1) is 11.3 Å². The van der Waals surface area contributed by atoms with Crippen LogP contribution in [0.1, 0.15) is 47.7 Å². The Balaban J connectivity index is 1.84. The predicted octanol–water partition coefficient (Wildman–Crippen LogP) is 5.58. The van der Waals surface area contributed by atoms with Crippen LogP contribution in [0, 0.1) is 12.7 Å². The van der Waals surface area contributed by atoms with Crippen molar-refractivity contribution in [1.29, 1.82) is 0 Å². The largest absolute Gasteiger partial charge is 0.495 e. The first-order valence-electron chi connectivity index (χ1n) is 11.5. The van der Waals surface area contributed by atoms with Crippen LogP contribution in [0.25, 0.3) is 0 Å². The molecule has 1 aliphatic rings. The van der Waals surface area contributed by atoms with Crippen molar-refractivity contribution in [3.63, 3.8) is 0 Å². The summed E-state index contributed by atoms with van der Waals surface area (Å²) in [4.78, 5) is 29.9. The molecule has 3 aromatic rings. The highest BCUT2D eigenvalue weighted by molar-refractivity contribution is 7.10. The van der Waals surface area contributed by atoms with Crippen LogP contribution in [0.15, 0.2) is 60.0 Å². The van der Waals surface area contributed by atoms with E-state index in [-0.39, 0.29) is 29.8 Å². The topological polar surface area (TPSA) is 58.6 Å². The highest BCUT2D eigenvalue weighted by atomic mass is 32.1. The number of anilines is 1. The molecule has 0 unspecified atom stereocenters. The molecule has 34 heavy (non-hydrogen) atoms. The lowest BCUT2D eigenvalue weighted by atomic mass is 10.0. The molecular formula is C27H29FN2O3S. The standard InChI is InChI=1S/C27H29FN2O3S/c1-18-13-14-24(33-2)23(16-18)30(25(31)17-20-10-7-15-34-20)26(21-11-5-6-12-22(21)28)27(32)29-19-8-3-4-9-19/h5-7,10-16,19,26H,3-4,8-9,17H2,1-2H3,(H,29,32)/t26-/m0/s1. The lowest BCUT2D eigenvalue weighted by molar-refractivity contribution is -0.127. The molecule has 0 radical (unpaired) electrons. The molecule has 5 nitrogen and oxygen atoms in total. The average molecular weight is 481 g/mol. The van der Waals surface area contributed by atoms with Gasteiger partial charge in [0.1, 0.15) is 17.6 Å². The number of benzene rings is 2. The number of hydrogen-bond acceptors (Lipinski definition) is 4. The van der Waals surface area contributed by atoms with Crippen molar-refractivity contribution in [1.82, 2.24) is 5.32 Å². The van der Waals surface area contributed by atoms with Gasteiger partial charge in [0, 0.05) is 16.5 Å². The van der Waals surface area contributed by atoms with Gasteiger partial charge < -0.3 is 10.1 Å². The molecule has 1 atom stereocenters. The second-order valence-electron chi connectivity index (χ2n) is 8.61. The van der Waals surface area contributed by atoms with E-state index in [0.717, 1.165) is 36.1 Å². The number of rotatable bonds is 8. The number of carbonyl (C=O) groups is 2. The van der Waals surface area contributed by atoms with Gasteiger partial charge in [0.2, 0.25) is 11.8 Å². The van der Waals surface area contributed by atoms with Crippen molar-refractivity contribution in [2.45, 2.75) is 51.1 Å². The van der Waals surface area contributed by atoms with Gasteiger partial charge in [-0.1, -0.05) is 43.2 Å². The number of amides is 2. The van der Waals surface area contributed by atoms with Gasteiger partial charge in [0.05, 0.1) is 19.2 Å². The molecule has 1 N–H and O–H groups in total. The van der Waals surface area contributed by atoms with Crippen LogP contribution in [0.5, 0.6) is 5.75 Å². The number of nitrogens with one attached hydrogen (secondary N) is 1. The molecule has 1 fully saturated rings. The van der Waals surface area contributed by atoms with Crippen molar-refractivity contribution in [3.05, 3.63) is 81.8 Å². The number of thiophene rings is 1. The fourth-order valence-corrected chi connectivity index (χ4v) is 5.19. The summed E-state index contributed by atoms with van der Waals surface area (Å²) in [6.07, 6.45) is 3.94. The molecule has 1 aliphatic carbocycles. The summed E-state index contributed by atoms with van der Waals surface area (Å²) in [7, 11) is 1.52. The van der Waals surface area contributed by atoms with Crippen molar-refractivity contribution >= 4 is 28.8 Å². The lowest BCUT2D eigenvalue weighted by Crippen LogP contribution is -2.47. The van der Waals surface area contributed by atoms with Crippen molar-refractivity contribution in [2.75, 3.05) is 12.0 Å². The zero-order chi connectivity index (χ0) is 24.1. The quantitative estimate of drug-likeness (QED) is 0.458. The Morgan fingerprint density at radius 2 is 1.91 bits per heavy atom. The first kappa shape index (κ1) is 24.0. The van der Waals surface area contributed by atoms with Crippen LogP contribution in [0.3, 0.4) is 0 Å². The molecule has 7 heteroatoms. The maximum absolute atomic E-state index is 15.1. The summed E-state index contributed by atoms with van der Waals surface area (Å²) in [5, 5.41) is 4.99. The second kappa shape index (κ2) is 10.8. The van der Waals surface area contributed by atoms with E-state index >= 15 is 4.39 Å². The van der Waals surface area contributed by atoms with Gasteiger partial charge >= 0.3 is 0 Å². The third-order valence-corrected chi connectivity index (χ3v) is 7.05. The van der Waals surface area contributed by atoms with Crippen LogP contribution in [0.4, 0.5) is 10.1 Å². The van der Waals surface area contributed by atoms with Crippen LogP contribution in [-0.2, 0) is 16.0 Å². The summed E-state index contributed by atoms with van der Waals surface area (Å²) in [5.74, 6) is -0.781. The van der Waals surface area contributed by atoms with E-state index in [4.69, 9.17) is 4.74 Å². The first-order chi connectivity index (χ1) is 16.5. The van der Waals surface area contributed by atoms with E-state index in [0.29, 0.717) is 11.4 Å². The van der Waals surface area contributed by atoms with Gasteiger partial charge in [-0.2, -0.15) is 0 Å². The summed E-state index contributed by atoms with van der Waals surface area (Å²) in [6, 6.07) is 14.2. The lowest BCUT2D eigenvalue weighted by Gasteiger charge is -2.33. The Morgan fingerprint density at radius 1 is 1.15 bits per heavy atom. The third kappa shape index (κ3) is 5.30. The Bertz CT molecular complexity index is 1140. The fourth-order valence-electron chi connectivity index (χ4n) is 4.50. The summed E-state index contributed by atoms with van der Waals surface area (Å²) < 4.78 is 20.7. The van der Waals surface area contributed by atoms with Gasteiger partial charge in [-0.25, -0.2) is 4.39 Å². The van der Waals surface area contributed by atoms with Gasteiger partial charge in [-0.05, 0) is 55.0 Å². The molecule has 178 valence electrons. The van der Waals surface area contributed by atoms with Crippen molar-refractivity contribution < 1.29 is 18.7 Å². The highest BCUT2D eigenvalue weighted by Crippen LogP contribution is 2.37. The van der Waals surface area contributed by atoms with Crippen molar-refractivity contribution in [2.24, 2.45) is 0 Å². The van der Waals surface area contributed by atoms with E-state index in [1.165, 1.54) is 29.4 Å². The minimum atomic E-state index is -1.18. The Kier molecular flexibility index (Phi) is 7.63. The number of halogens is 1. The number of aryl methyl sites for hydroxylation is 1. The number of methoxy groups -OCH3 is 1. The Morgan fingerprint density at radius 3 is 2.59 bits per heavy atom. The zero-order valence-electron chi connectivity index (χ0n) is 19.4. The molecule has 0 spiro atoms. The zero-order valence-corrected chi connectivity index (χ0v) is 20.2. The van der Waals surface area contributed by atoms with Crippen LogP contribution < -0.4 is 15.0 Å². The molecule has 4 rings (SSSR count). The average Bonchev–Trinajstić information content (AvgIpc) is 3.52. The van der Waals surface area contributed by atoms with E-state index < -0.39 is 11.9 Å². The number of ether oxygens (including phenoxy) is 1. The maximum Gasteiger partial charge on any atom is 0.248 e. The smallest absolute Gasteiger partial charge is 0.248 e. The molecule has 2 amide bonds. The highest BCUT2D eigenvalue weighted by Gasteiger charge is 2.37. The maximum atomic E-state index is 15.1. The third-order valence-electron chi connectivity index (χ3n) is 6.18. The SMILES string of the molecule is COc1ccc(C)cc1N(C(=O)Cc1cccs1)[C@H](C(=O)NC1CCCC1)c1ccccc1F. The molecular weight excluding hydrogens is 451 g/mol. The number of hydrogen-bond donors (Lipinski definition) is 1. The van der Waals surface area contributed by atoms with Gasteiger partial charge in [-0.3, -0.25) is 14.5 Å². The molecule has 0 saturated heterocycles. The normalized spacial score (nSPS) is 14.6. The molecule has 0 aliphatic heterocycles. The minimum absolute atomic E-state index is 0.0235. The number of carbonyl (C=O) groups excluding carboxylic acids is 2. The van der Waals surface area contributed by atoms with Crippen LogP contribution in [0.2, 0.25) is 0 Å². The Hall–Kier alpha value is -3.19. The molecule has 1 aromatic heterocycles. The predicted molar refractivity (Wildman–Crippen MR) is 133 cm³/mol. The monoisotopic (exact) mass is 480 g/mol. The van der Waals surface area contributed by atoms with Crippen LogP contribution >= 0.6 is 11.3 Å². The van der Waals surface area contributed by atoms with E-state index in [1.54, 1.807) is 24.3 Å². The van der Waals surface area contributed by atoms with E-state index in [9.17, 15) is 9.59 Å². The summed E-state index contributed by atoms with van der Waals surface area (Å²) >= 11 is 1.47. The van der Waals surface area contributed by atoms with Gasteiger partial charge in [0.25, 0.3) is 0 Å². The molecule has 1 saturated carbocycles. The van der Waals surface area contributed by atoms with E-state index in [2.05, 4.69) is 5.32 Å². The Labute approximate surface area is 203 Å². The van der Waals surface area contributed by atoms with Crippen LogP contribution in [-0.4, -0.2) is 25.0 Å². The second-order valence-corrected chi connectivity index (χ2v) is 9.64. The fraction of sp³-hybridized carbons (Fsp3) is 0.333. The summed E-state index contributed by atoms with van der Waals surface area (Å²) in [5.41, 5.74) is 1.49. The molecule has 1 heterocycles.